The summed E-state index contributed by atoms with van der Waals surface area (Å²) >= 11 is 1.64. The van der Waals surface area contributed by atoms with Crippen molar-refractivity contribution in [1.82, 2.24) is 0 Å². The van der Waals surface area contributed by atoms with Crippen LogP contribution in [0.2, 0.25) is 0 Å². The van der Waals surface area contributed by atoms with Gasteiger partial charge in [0.15, 0.2) is 0 Å². The summed E-state index contributed by atoms with van der Waals surface area (Å²) in [6.07, 6.45) is 2.23. The lowest BCUT2D eigenvalue weighted by molar-refractivity contribution is -0.142. The number of nitrogens with one attached hydrogen (secondary N) is 1. The van der Waals surface area contributed by atoms with Gasteiger partial charge in [-0.05, 0) is 24.0 Å². The van der Waals surface area contributed by atoms with E-state index in [-0.39, 0.29) is 18.3 Å². The Bertz CT molecular complexity index is 403. The van der Waals surface area contributed by atoms with Crippen LogP contribution >= 0.6 is 11.8 Å². The number of hydrogen-bond acceptors (Lipinski definition) is 4. The molecule has 0 atom stereocenters. The van der Waals surface area contributed by atoms with Gasteiger partial charge in [0.2, 0.25) is 5.91 Å². The van der Waals surface area contributed by atoms with Crippen molar-refractivity contribution < 1.29 is 14.3 Å². The molecule has 0 fully saturated rings. The van der Waals surface area contributed by atoms with Gasteiger partial charge in [0.05, 0.1) is 6.42 Å². The summed E-state index contributed by atoms with van der Waals surface area (Å²) in [5.74, 6) is 0.475. The van der Waals surface area contributed by atoms with Crippen molar-refractivity contribution in [3.63, 3.8) is 0 Å². The molecule has 5 heteroatoms. The quantitative estimate of drug-likeness (QED) is 0.633. The predicted octanol–water partition coefficient (Wildman–Crippen LogP) is 2.09. The van der Waals surface area contributed by atoms with Gasteiger partial charge in [0, 0.05) is 18.4 Å². The molecule has 0 aliphatic rings. The van der Waals surface area contributed by atoms with Crippen molar-refractivity contribution in [2.45, 2.75) is 13.3 Å². The fraction of sp³-hybridized carbons (Fsp3) is 0.385. The molecule has 98 valence electrons. The van der Waals surface area contributed by atoms with Gasteiger partial charge in [0.1, 0.15) is 6.61 Å². The molecule has 0 aromatic heterocycles. The van der Waals surface area contributed by atoms with Crippen LogP contribution < -0.4 is 5.32 Å². The summed E-state index contributed by atoms with van der Waals surface area (Å²) in [6, 6.07) is 7.15. The van der Waals surface area contributed by atoms with Crippen LogP contribution in [-0.2, 0) is 20.7 Å². The molecule has 1 aromatic carbocycles. The van der Waals surface area contributed by atoms with Crippen LogP contribution in [-0.4, -0.2) is 30.5 Å². The third-order valence-electron chi connectivity index (χ3n) is 2.17. The Morgan fingerprint density at radius 2 is 1.94 bits per heavy atom. The number of carbonyl (C=O) groups excluding carboxylic acids is 2. The minimum Gasteiger partial charge on any atom is -0.465 e. The second-order valence-electron chi connectivity index (χ2n) is 3.77. The van der Waals surface area contributed by atoms with Crippen LogP contribution in [0.25, 0.3) is 0 Å². The van der Waals surface area contributed by atoms with Crippen LogP contribution in [0.1, 0.15) is 12.5 Å². The zero-order chi connectivity index (χ0) is 13.4. The standard InChI is InChI=1S/C13H17NO3S/c1-10(15)14-12-5-3-11(4-6-12)9-13(16)17-7-8-18-2/h3-6H,7-9H2,1-2H3,(H,14,15). The van der Waals surface area contributed by atoms with E-state index in [1.54, 1.807) is 36.0 Å². The average molecular weight is 267 g/mol. The van der Waals surface area contributed by atoms with Crippen molar-refractivity contribution in [2.75, 3.05) is 23.9 Å². The zero-order valence-electron chi connectivity index (χ0n) is 10.6. The second kappa shape index (κ2) is 7.76. The lowest BCUT2D eigenvalue weighted by Gasteiger charge is -2.05. The van der Waals surface area contributed by atoms with E-state index in [0.29, 0.717) is 6.61 Å². The highest BCUT2D eigenvalue weighted by atomic mass is 32.2. The van der Waals surface area contributed by atoms with Gasteiger partial charge in [-0.15, -0.1) is 0 Å². The van der Waals surface area contributed by atoms with Crippen molar-refractivity contribution in [3.8, 4) is 0 Å². The molecule has 4 nitrogen and oxygen atoms in total. The van der Waals surface area contributed by atoms with E-state index >= 15 is 0 Å². The van der Waals surface area contributed by atoms with E-state index in [4.69, 9.17) is 4.74 Å². The number of carbonyl (C=O) groups is 2. The zero-order valence-corrected chi connectivity index (χ0v) is 11.4. The molecule has 1 amide bonds. The van der Waals surface area contributed by atoms with Crippen molar-refractivity contribution in [1.29, 1.82) is 0 Å². The van der Waals surface area contributed by atoms with E-state index in [0.717, 1.165) is 17.0 Å². The maximum absolute atomic E-state index is 11.4. The minimum atomic E-state index is -0.226. The van der Waals surface area contributed by atoms with Crippen molar-refractivity contribution in [2.24, 2.45) is 0 Å². The first-order valence-electron chi connectivity index (χ1n) is 5.63. The number of esters is 1. The van der Waals surface area contributed by atoms with Crippen LogP contribution in [0.5, 0.6) is 0 Å². The normalized spacial score (nSPS) is 9.89. The third-order valence-corrected chi connectivity index (χ3v) is 2.75. The number of anilines is 1. The van der Waals surface area contributed by atoms with E-state index in [1.165, 1.54) is 6.92 Å². The van der Waals surface area contributed by atoms with Gasteiger partial charge in [-0.2, -0.15) is 11.8 Å². The monoisotopic (exact) mass is 267 g/mol. The molecule has 18 heavy (non-hydrogen) atoms. The molecule has 1 rings (SSSR count). The molecule has 0 radical (unpaired) electrons. The highest BCUT2D eigenvalue weighted by Crippen LogP contribution is 2.10. The van der Waals surface area contributed by atoms with Gasteiger partial charge >= 0.3 is 5.97 Å². The lowest BCUT2D eigenvalue weighted by atomic mass is 10.1. The molecule has 0 spiro atoms. The molecule has 0 unspecified atom stereocenters. The Labute approximate surface area is 111 Å². The SMILES string of the molecule is CSCCOC(=O)Cc1ccc(NC(C)=O)cc1. The van der Waals surface area contributed by atoms with Crippen molar-refractivity contribution >= 4 is 29.3 Å². The van der Waals surface area contributed by atoms with Crippen LogP contribution in [0.15, 0.2) is 24.3 Å². The average Bonchev–Trinajstić information content (AvgIpc) is 2.31. The first kappa shape index (κ1) is 14.6. The summed E-state index contributed by atoms with van der Waals surface area (Å²) < 4.78 is 5.05. The fourth-order valence-electron chi connectivity index (χ4n) is 1.37. The minimum absolute atomic E-state index is 0.112. The topological polar surface area (TPSA) is 55.4 Å². The molecule has 0 bridgehead atoms. The van der Waals surface area contributed by atoms with E-state index in [9.17, 15) is 9.59 Å². The Balaban J connectivity index is 2.43. The second-order valence-corrected chi connectivity index (χ2v) is 4.75. The van der Waals surface area contributed by atoms with Gasteiger partial charge in [0.25, 0.3) is 0 Å². The van der Waals surface area contributed by atoms with E-state index in [2.05, 4.69) is 5.32 Å². The van der Waals surface area contributed by atoms with Gasteiger partial charge in [-0.25, -0.2) is 0 Å². The number of benzene rings is 1. The van der Waals surface area contributed by atoms with Gasteiger partial charge in [-0.3, -0.25) is 9.59 Å². The van der Waals surface area contributed by atoms with Gasteiger partial charge < -0.3 is 10.1 Å². The fourth-order valence-corrected chi connectivity index (χ4v) is 1.62. The number of ether oxygens (including phenoxy) is 1. The summed E-state index contributed by atoms with van der Waals surface area (Å²) in [7, 11) is 0. The molecule has 1 N–H and O–H groups in total. The van der Waals surface area contributed by atoms with Crippen LogP contribution in [0.4, 0.5) is 5.69 Å². The molecular weight excluding hydrogens is 250 g/mol. The largest absolute Gasteiger partial charge is 0.465 e. The number of rotatable bonds is 6. The Morgan fingerprint density at radius 1 is 1.28 bits per heavy atom. The number of thioether (sulfide) groups is 1. The number of amides is 1. The molecule has 0 heterocycles. The highest BCUT2D eigenvalue weighted by molar-refractivity contribution is 7.98. The maximum Gasteiger partial charge on any atom is 0.310 e. The van der Waals surface area contributed by atoms with E-state index < -0.39 is 0 Å². The molecular formula is C13H17NO3S. The summed E-state index contributed by atoms with van der Waals surface area (Å²) in [5, 5.41) is 2.67. The van der Waals surface area contributed by atoms with Crippen molar-refractivity contribution in [3.05, 3.63) is 29.8 Å². The van der Waals surface area contributed by atoms with Gasteiger partial charge in [-0.1, -0.05) is 12.1 Å². The highest BCUT2D eigenvalue weighted by Gasteiger charge is 2.04. The molecule has 0 saturated heterocycles. The van der Waals surface area contributed by atoms with E-state index in [1.807, 2.05) is 6.26 Å². The Morgan fingerprint density at radius 3 is 2.50 bits per heavy atom. The Hall–Kier alpha value is -1.49. The summed E-state index contributed by atoms with van der Waals surface area (Å²) in [5.41, 5.74) is 1.60. The smallest absolute Gasteiger partial charge is 0.310 e. The molecule has 0 saturated carbocycles. The first-order valence-corrected chi connectivity index (χ1v) is 7.02. The van der Waals surface area contributed by atoms with Crippen LogP contribution in [0.3, 0.4) is 0 Å². The maximum atomic E-state index is 11.4. The third kappa shape index (κ3) is 5.72. The number of hydrogen-bond donors (Lipinski definition) is 1. The predicted molar refractivity (Wildman–Crippen MR) is 73.8 cm³/mol. The molecule has 0 aliphatic heterocycles. The first-order chi connectivity index (χ1) is 8.61. The van der Waals surface area contributed by atoms with Crippen LogP contribution in [0, 0.1) is 0 Å². The summed E-state index contributed by atoms with van der Waals surface area (Å²) in [6.45, 7) is 1.90. The summed E-state index contributed by atoms with van der Waals surface area (Å²) in [4.78, 5) is 22.3. The molecule has 1 aromatic rings. The Kier molecular flexibility index (Phi) is 6.28. The lowest BCUT2D eigenvalue weighted by Crippen LogP contribution is -2.10. The molecule has 0 aliphatic carbocycles.